The molecule has 98 valence electrons. The van der Waals surface area contributed by atoms with Gasteiger partial charge in [-0.2, -0.15) is 0 Å². The number of fused-ring (bicyclic) bond motifs is 1. The fourth-order valence-electron chi connectivity index (χ4n) is 3.59. The molecule has 3 rings (SSSR count). The minimum atomic E-state index is -0.548. The Kier molecular flexibility index (Phi) is 2.40. The molecular weight excluding hydrogens is 234 g/mol. The lowest BCUT2D eigenvalue weighted by atomic mass is 10.0. The first-order valence-corrected chi connectivity index (χ1v) is 6.32. The van der Waals surface area contributed by atoms with Crippen molar-refractivity contribution in [3.8, 4) is 0 Å². The summed E-state index contributed by atoms with van der Waals surface area (Å²) in [6, 6.07) is 0. The molecule has 0 radical (unpaired) electrons. The summed E-state index contributed by atoms with van der Waals surface area (Å²) in [6.07, 6.45) is 2.33. The van der Waals surface area contributed by atoms with Crippen molar-refractivity contribution < 1.29 is 19.8 Å². The quantitative estimate of drug-likeness (QED) is 0.668. The Bertz CT molecular complexity index is 458. The van der Waals surface area contributed by atoms with Crippen molar-refractivity contribution in [2.24, 2.45) is 11.8 Å². The van der Waals surface area contributed by atoms with Crippen molar-refractivity contribution in [2.75, 3.05) is 6.61 Å². The first-order chi connectivity index (χ1) is 8.49. The molecule has 1 heterocycles. The van der Waals surface area contributed by atoms with E-state index in [1.165, 1.54) is 0 Å². The maximum atomic E-state index is 12.0. The molecule has 2 fully saturated rings. The Labute approximate surface area is 105 Å². The molecule has 2 aliphatic carbocycles. The van der Waals surface area contributed by atoms with Crippen LogP contribution in [0.15, 0.2) is 11.8 Å². The van der Waals surface area contributed by atoms with Gasteiger partial charge in [0, 0.05) is 24.3 Å². The van der Waals surface area contributed by atoms with Crippen LogP contribution in [-0.2, 0) is 9.59 Å². The summed E-state index contributed by atoms with van der Waals surface area (Å²) in [5.41, 5.74) is 0.253. The minimum absolute atomic E-state index is 0.0444. The number of amides is 1. The third kappa shape index (κ3) is 1.40. The molecule has 0 spiro atoms. The molecule has 5 heteroatoms. The van der Waals surface area contributed by atoms with Crippen LogP contribution in [0.4, 0.5) is 0 Å². The van der Waals surface area contributed by atoms with Gasteiger partial charge in [-0.15, -0.1) is 0 Å². The largest absolute Gasteiger partial charge is 0.396 e. The molecule has 0 aromatic carbocycles. The molecule has 18 heavy (non-hydrogen) atoms. The lowest BCUT2D eigenvalue weighted by Crippen LogP contribution is -2.42. The van der Waals surface area contributed by atoms with Crippen LogP contribution in [0.1, 0.15) is 26.2 Å². The molecule has 0 aromatic heterocycles. The molecule has 0 unspecified atom stereocenters. The van der Waals surface area contributed by atoms with Crippen LogP contribution < -0.4 is 0 Å². The lowest BCUT2D eigenvalue weighted by Gasteiger charge is -2.31. The Hall–Kier alpha value is -1.20. The molecule has 3 aliphatic rings. The van der Waals surface area contributed by atoms with E-state index in [2.05, 4.69) is 0 Å². The zero-order chi connectivity index (χ0) is 13.1. The molecule has 4 atom stereocenters. The van der Waals surface area contributed by atoms with Crippen LogP contribution in [0.2, 0.25) is 0 Å². The van der Waals surface area contributed by atoms with E-state index in [9.17, 15) is 19.8 Å². The number of ketones is 1. The number of aliphatic hydroxyl groups is 2. The summed E-state index contributed by atoms with van der Waals surface area (Å²) in [5.74, 6) is -0.274. The fourth-order valence-corrected chi connectivity index (χ4v) is 3.59. The highest BCUT2D eigenvalue weighted by Gasteiger charge is 2.68. The van der Waals surface area contributed by atoms with Crippen LogP contribution in [0.25, 0.3) is 0 Å². The highest BCUT2D eigenvalue weighted by molar-refractivity contribution is 6.09. The van der Waals surface area contributed by atoms with Gasteiger partial charge in [-0.25, -0.2) is 0 Å². The second-order valence-corrected chi connectivity index (χ2v) is 5.71. The zero-order valence-corrected chi connectivity index (χ0v) is 10.3. The summed E-state index contributed by atoms with van der Waals surface area (Å²) in [5, 5.41) is 19.2. The second-order valence-electron chi connectivity index (χ2n) is 5.71. The van der Waals surface area contributed by atoms with Gasteiger partial charge in [-0.1, -0.05) is 0 Å². The van der Waals surface area contributed by atoms with E-state index in [-0.39, 0.29) is 42.1 Å². The summed E-state index contributed by atoms with van der Waals surface area (Å²) < 4.78 is 0. The molecule has 0 bridgehead atoms. The number of rotatable bonds is 2. The third-order valence-corrected chi connectivity index (χ3v) is 4.71. The number of aliphatic hydroxyl groups excluding tert-OH is 2. The summed E-state index contributed by atoms with van der Waals surface area (Å²) in [7, 11) is 0. The number of carbonyl (C=O) groups is 2. The standard InChI is InChI=1S/C13H17NO4/c1-7-5-14(12(18)2-10(7)16)13-3-9(13)8(6-15)11(17)4-13/h5,8-9,11,15,17H,2-4,6H2,1H3/t8-,9-,11-,13+/m0/s1. The maximum Gasteiger partial charge on any atom is 0.234 e. The van der Waals surface area contributed by atoms with E-state index in [1.807, 2.05) is 0 Å². The van der Waals surface area contributed by atoms with E-state index in [1.54, 1.807) is 18.0 Å². The SMILES string of the molecule is CC1=CN([C@]23C[C@H](O)[C@@H](CO)[C@@H]2C3)C(=O)CC1=O. The molecule has 2 N–H and O–H groups in total. The number of hydrogen-bond acceptors (Lipinski definition) is 4. The fraction of sp³-hybridized carbons (Fsp3) is 0.692. The second kappa shape index (κ2) is 3.65. The van der Waals surface area contributed by atoms with Gasteiger partial charge < -0.3 is 15.1 Å². The molecule has 2 saturated carbocycles. The van der Waals surface area contributed by atoms with Crippen LogP contribution in [0, 0.1) is 11.8 Å². The highest BCUT2D eigenvalue weighted by Crippen LogP contribution is 2.62. The number of nitrogens with zero attached hydrogens (tertiary/aromatic N) is 1. The average Bonchev–Trinajstić information content (AvgIpc) is 2.93. The molecule has 0 saturated heterocycles. The normalized spacial score (nSPS) is 42.9. The number of hydrogen-bond donors (Lipinski definition) is 2. The summed E-state index contributed by atoms with van der Waals surface area (Å²) in [6.45, 7) is 1.67. The van der Waals surface area contributed by atoms with E-state index in [0.29, 0.717) is 12.0 Å². The number of Topliss-reactive ketones (excluding diaryl/α,β-unsaturated/α-hetero) is 1. The van der Waals surface area contributed by atoms with Crippen molar-refractivity contribution in [1.29, 1.82) is 0 Å². The van der Waals surface area contributed by atoms with E-state index in [0.717, 1.165) is 6.42 Å². The molecule has 1 amide bonds. The van der Waals surface area contributed by atoms with Crippen LogP contribution in [0.5, 0.6) is 0 Å². The monoisotopic (exact) mass is 251 g/mol. The van der Waals surface area contributed by atoms with Crippen molar-refractivity contribution in [1.82, 2.24) is 4.90 Å². The van der Waals surface area contributed by atoms with Gasteiger partial charge >= 0.3 is 0 Å². The molecule has 1 aliphatic heterocycles. The first kappa shape index (κ1) is 11.9. The van der Waals surface area contributed by atoms with E-state index >= 15 is 0 Å². The minimum Gasteiger partial charge on any atom is -0.396 e. The molecular formula is C13H17NO4. The first-order valence-electron chi connectivity index (χ1n) is 6.32. The maximum absolute atomic E-state index is 12.0. The van der Waals surface area contributed by atoms with Crippen molar-refractivity contribution >= 4 is 11.7 Å². The van der Waals surface area contributed by atoms with Gasteiger partial charge in [0.15, 0.2) is 5.78 Å². The number of carbonyl (C=O) groups excluding carboxylic acids is 2. The van der Waals surface area contributed by atoms with Gasteiger partial charge in [0.1, 0.15) is 0 Å². The van der Waals surface area contributed by atoms with Crippen LogP contribution in [-0.4, -0.2) is 45.1 Å². The van der Waals surface area contributed by atoms with Crippen molar-refractivity contribution in [3.05, 3.63) is 11.8 Å². The van der Waals surface area contributed by atoms with Gasteiger partial charge in [0.05, 0.1) is 18.1 Å². The topological polar surface area (TPSA) is 77.8 Å². The van der Waals surface area contributed by atoms with Crippen molar-refractivity contribution in [3.63, 3.8) is 0 Å². The summed E-state index contributed by atoms with van der Waals surface area (Å²) in [4.78, 5) is 25.1. The predicted molar refractivity (Wildman–Crippen MR) is 62.3 cm³/mol. The smallest absolute Gasteiger partial charge is 0.234 e. The van der Waals surface area contributed by atoms with Gasteiger partial charge in [-0.3, -0.25) is 9.59 Å². The zero-order valence-electron chi connectivity index (χ0n) is 10.3. The van der Waals surface area contributed by atoms with Gasteiger partial charge in [0.25, 0.3) is 0 Å². The summed E-state index contributed by atoms with van der Waals surface area (Å²) >= 11 is 0. The van der Waals surface area contributed by atoms with Gasteiger partial charge in [-0.05, 0) is 25.7 Å². The predicted octanol–water partition coefficient (Wildman–Crippen LogP) is -0.177. The highest BCUT2D eigenvalue weighted by atomic mass is 16.3. The number of allylic oxidation sites excluding steroid dienone is 1. The Morgan fingerprint density at radius 3 is 2.78 bits per heavy atom. The third-order valence-electron chi connectivity index (χ3n) is 4.71. The Morgan fingerprint density at radius 2 is 2.17 bits per heavy atom. The lowest BCUT2D eigenvalue weighted by molar-refractivity contribution is -0.136. The van der Waals surface area contributed by atoms with Gasteiger partial charge in [0.2, 0.25) is 5.91 Å². The Morgan fingerprint density at radius 1 is 1.44 bits per heavy atom. The average molecular weight is 251 g/mol. The Balaban J connectivity index is 1.89. The van der Waals surface area contributed by atoms with E-state index in [4.69, 9.17) is 0 Å². The van der Waals surface area contributed by atoms with Crippen LogP contribution >= 0.6 is 0 Å². The van der Waals surface area contributed by atoms with Crippen molar-refractivity contribution in [2.45, 2.75) is 37.8 Å². The molecule has 5 nitrogen and oxygen atoms in total. The molecule has 0 aromatic rings. The van der Waals surface area contributed by atoms with E-state index < -0.39 is 6.10 Å². The van der Waals surface area contributed by atoms with Crippen LogP contribution in [0.3, 0.4) is 0 Å².